The SMILES string of the molecule is c1cc(-c2ccc3c(c2)-c2ccccc2C32c3ccccc3C3(c4ccccc4-c4ccccc43)c3ccccc32)cc(-c2ccc3c4ccccc4n4c5ccccc5nc4c3c2)c1. The lowest BCUT2D eigenvalue weighted by Crippen LogP contribution is -2.43. The number of para-hydroxylation sites is 3. The predicted molar refractivity (Wildman–Crippen MR) is 267 cm³/mol. The first-order valence-corrected chi connectivity index (χ1v) is 22.7. The largest absolute Gasteiger partial charge is 0.292 e. The smallest absolute Gasteiger partial charge is 0.146 e. The second-order valence-corrected chi connectivity index (χ2v) is 18.1. The highest BCUT2D eigenvalue weighted by Gasteiger charge is 2.58. The zero-order valence-electron chi connectivity index (χ0n) is 35.3. The number of imidazole rings is 1. The maximum absolute atomic E-state index is 5.21. The predicted octanol–water partition coefficient (Wildman–Crippen LogP) is 15.2. The van der Waals surface area contributed by atoms with E-state index in [1.165, 1.54) is 105 Å². The van der Waals surface area contributed by atoms with Gasteiger partial charge in [0.15, 0.2) is 0 Å². The van der Waals surface area contributed by atoms with Gasteiger partial charge in [0, 0.05) is 10.8 Å². The topological polar surface area (TPSA) is 17.3 Å². The monoisotopic (exact) mass is 822 g/mol. The molecule has 0 radical (unpaired) electrons. The summed E-state index contributed by atoms with van der Waals surface area (Å²) in [5, 5.41) is 3.60. The molecule has 15 rings (SSSR count). The second kappa shape index (κ2) is 12.7. The molecule has 2 spiro atoms. The summed E-state index contributed by atoms with van der Waals surface area (Å²) >= 11 is 0. The third-order valence-electron chi connectivity index (χ3n) is 15.3. The standard InChI is InChI=1S/C63H38N2/c1-5-22-50-44(18-1)45-19-2-6-23-51(45)62(50)54-25-8-10-27-56(54)63(57-28-11-9-26-55(57)62)52-24-7-3-20-46(52)48-37-42(33-35-53(48)63)40-17-15-16-39(36-40)41-32-34-43-47-21-4-13-30-59(47)65-60-31-14-12-29-58(60)64-61(65)49(43)38-41/h1-38H. The van der Waals surface area contributed by atoms with Crippen LogP contribution in [0.2, 0.25) is 0 Å². The minimum absolute atomic E-state index is 0.448. The van der Waals surface area contributed by atoms with Crippen LogP contribution in [0, 0.1) is 0 Å². The third-order valence-corrected chi connectivity index (χ3v) is 15.3. The molecule has 0 N–H and O–H groups in total. The Bertz CT molecular complexity index is 3940. The molecule has 0 amide bonds. The summed E-state index contributed by atoms with van der Waals surface area (Å²) in [6.07, 6.45) is 0. The Morgan fingerprint density at radius 3 is 1.34 bits per heavy atom. The van der Waals surface area contributed by atoms with E-state index in [2.05, 4.69) is 235 Å². The van der Waals surface area contributed by atoms with Crippen LogP contribution < -0.4 is 0 Å². The van der Waals surface area contributed by atoms with Crippen LogP contribution in [0.3, 0.4) is 0 Å². The van der Waals surface area contributed by atoms with Gasteiger partial charge in [-0.15, -0.1) is 0 Å². The van der Waals surface area contributed by atoms with Gasteiger partial charge in [0.2, 0.25) is 0 Å². The van der Waals surface area contributed by atoms with Gasteiger partial charge in [-0.2, -0.15) is 0 Å². The third kappa shape index (κ3) is 4.32. The molecule has 0 bridgehead atoms. The van der Waals surface area contributed by atoms with Gasteiger partial charge in [-0.05, 0) is 131 Å². The molecular weight excluding hydrogens is 785 g/mol. The minimum Gasteiger partial charge on any atom is -0.292 e. The Labute approximate surface area is 376 Å². The van der Waals surface area contributed by atoms with Crippen LogP contribution in [0.15, 0.2) is 231 Å². The fraction of sp³-hybridized carbons (Fsp3) is 0.0317. The van der Waals surface area contributed by atoms with Crippen molar-refractivity contribution in [2.75, 3.05) is 0 Å². The molecule has 3 aliphatic rings. The van der Waals surface area contributed by atoms with E-state index in [1.807, 2.05) is 0 Å². The molecule has 0 aliphatic heterocycles. The molecule has 65 heavy (non-hydrogen) atoms. The fourth-order valence-corrected chi connectivity index (χ4v) is 12.8. The van der Waals surface area contributed by atoms with Crippen LogP contribution in [-0.4, -0.2) is 9.38 Å². The molecule has 0 saturated carbocycles. The molecule has 10 aromatic carbocycles. The van der Waals surface area contributed by atoms with Crippen LogP contribution in [-0.2, 0) is 10.8 Å². The summed E-state index contributed by atoms with van der Waals surface area (Å²) in [5.74, 6) is 0. The zero-order chi connectivity index (χ0) is 42.4. The first kappa shape index (κ1) is 35.2. The maximum Gasteiger partial charge on any atom is 0.146 e. The van der Waals surface area contributed by atoms with Crippen molar-refractivity contribution in [3.05, 3.63) is 275 Å². The van der Waals surface area contributed by atoms with Crippen molar-refractivity contribution in [2.45, 2.75) is 10.8 Å². The number of hydrogen-bond acceptors (Lipinski definition) is 1. The molecular formula is C63H38N2. The van der Waals surface area contributed by atoms with Crippen molar-refractivity contribution >= 4 is 38.4 Å². The van der Waals surface area contributed by atoms with Crippen LogP contribution in [0.5, 0.6) is 0 Å². The van der Waals surface area contributed by atoms with Gasteiger partial charge < -0.3 is 0 Å². The molecule has 0 atom stereocenters. The molecule has 3 aliphatic carbocycles. The molecule has 2 heterocycles. The number of rotatable bonds is 2. The quantitative estimate of drug-likeness (QED) is 0.159. The lowest BCUT2D eigenvalue weighted by atomic mass is 9.52. The number of fused-ring (bicyclic) bond motifs is 24. The molecule has 0 unspecified atom stereocenters. The Balaban J connectivity index is 0.925. The Kier molecular flexibility index (Phi) is 6.85. The second-order valence-electron chi connectivity index (χ2n) is 18.1. The van der Waals surface area contributed by atoms with Crippen molar-refractivity contribution in [3.63, 3.8) is 0 Å². The average Bonchev–Trinajstić information content (AvgIpc) is 4.02. The van der Waals surface area contributed by atoms with Crippen LogP contribution in [0.25, 0.3) is 82.9 Å². The summed E-state index contributed by atoms with van der Waals surface area (Å²) in [7, 11) is 0. The van der Waals surface area contributed by atoms with E-state index in [-0.39, 0.29) is 0 Å². The van der Waals surface area contributed by atoms with E-state index in [0.29, 0.717) is 0 Å². The summed E-state index contributed by atoms with van der Waals surface area (Å²) in [5.41, 5.74) is 24.2. The fourth-order valence-electron chi connectivity index (χ4n) is 12.8. The normalized spacial score (nSPS) is 14.4. The van der Waals surface area contributed by atoms with E-state index in [9.17, 15) is 0 Å². The molecule has 2 aromatic heterocycles. The Hall–Kier alpha value is -8.33. The van der Waals surface area contributed by atoms with Gasteiger partial charge in [-0.1, -0.05) is 194 Å². The van der Waals surface area contributed by atoms with Gasteiger partial charge in [-0.25, -0.2) is 4.98 Å². The number of hydrogen-bond donors (Lipinski definition) is 0. The van der Waals surface area contributed by atoms with Crippen LogP contribution >= 0.6 is 0 Å². The lowest BCUT2D eigenvalue weighted by Gasteiger charge is -2.48. The minimum atomic E-state index is -0.504. The summed E-state index contributed by atoms with van der Waals surface area (Å²) in [6.45, 7) is 0. The summed E-state index contributed by atoms with van der Waals surface area (Å²) in [6, 6.07) is 86.5. The number of pyridine rings is 1. The molecule has 12 aromatic rings. The van der Waals surface area contributed by atoms with Gasteiger partial charge in [0.05, 0.1) is 27.4 Å². The van der Waals surface area contributed by atoms with Crippen molar-refractivity contribution in [1.29, 1.82) is 0 Å². The molecule has 2 heteroatoms. The molecule has 2 nitrogen and oxygen atoms in total. The molecule has 0 saturated heterocycles. The highest BCUT2D eigenvalue weighted by atomic mass is 15.0. The van der Waals surface area contributed by atoms with Gasteiger partial charge in [-0.3, -0.25) is 4.40 Å². The van der Waals surface area contributed by atoms with E-state index in [4.69, 9.17) is 4.98 Å². The van der Waals surface area contributed by atoms with E-state index in [0.717, 1.165) is 22.1 Å². The maximum atomic E-state index is 5.21. The highest BCUT2D eigenvalue weighted by molar-refractivity contribution is 6.14. The molecule has 0 fully saturated rings. The van der Waals surface area contributed by atoms with Crippen LogP contribution in [0.1, 0.15) is 44.5 Å². The van der Waals surface area contributed by atoms with Gasteiger partial charge >= 0.3 is 0 Å². The summed E-state index contributed by atoms with van der Waals surface area (Å²) < 4.78 is 2.33. The first-order valence-electron chi connectivity index (χ1n) is 22.7. The van der Waals surface area contributed by atoms with Crippen molar-refractivity contribution in [3.8, 4) is 44.5 Å². The summed E-state index contributed by atoms with van der Waals surface area (Å²) in [4.78, 5) is 5.21. The van der Waals surface area contributed by atoms with E-state index >= 15 is 0 Å². The number of nitrogens with zero attached hydrogens (tertiary/aromatic N) is 2. The van der Waals surface area contributed by atoms with Crippen molar-refractivity contribution < 1.29 is 0 Å². The molecule has 300 valence electrons. The number of aromatic nitrogens is 2. The van der Waals surface area contributed by atoms with E-state index < -0.39 is 10.8 Å². The van der Waals surface area contributed by atoms with Gasteiger partial charge in [0.1, 0.15) is 5.65 Å². The zero-order valence-corrected chi connectivity index (χ0v) is 35.3. The Morgan fingerprint density at radius 2 is 0.723 bits per heavy atom. The van der Waals surface area contributed by atoms with Gasteiger partial charge in [0.25, 0.3) is 0 Å². The average molecular weight is 823 g/mol. The first-order chi connectivity index (χ1) is 32.2. The number of benzene rings is 10. The van der Waals surface area contributed by atoms with Crippen molar-refractivity contribution in [1.82, 2.24) is 9.38 Å². The van der Waals surface area contributed by atoms with Crippen molar-refractivity contribution in [2.24, 2.45) is 0 Å². The lowest BCUT2D eigenvalue weighted by molar-refractivity contribution is 0.633. The van der Waals surface area contributed by atoms with Crippen LogP contribution in [0.4, 0.5) is 0 Å². The van der Waals surface area contributed by atoms with E-state index in [1.54, 1.807) is 0 Å². The Morgan fingerprint density at radius 1 is 0.277 bits per heavy atom. The highest BCUT2D eigenvalue weighted by Crippen LogP contribution is 2.67.